The monoisotopic (exact) mass is 425 g/mol. The van der Waals surface area contributed by atoms with Crippen molar-refractivity contribution in [2.24, 2.45) is 0 Å². The van der Waals surface area contributed by atoms with Crippen molar-refractivity contribution in [1.82, 2.24) is 25.0 Å². The number of nitrogens with one attached hydrogen (secondary N) is 1. The Balaban J connectivity index is 1.60. The molecule has 0 bridgehead atoms. The third kappa shape index (κ3) is 4.17. The summed E-state index contributed by atoms with van der Waals surface area (Å²) in [6.07, 6.45) is 1.60. The van der Waals surface area contributed by atoms with Crippen LogP contribution in [0.1, 0.15) is 22.4 Å². The zero-order valence-corrected chi connectivity index (χ0v) is 17.3. The molecular weight excluding hydrogens is 405 g/mol. The summed E-state index contributed by atoms with van der Waals surface area (Å²) in [5.41, 5.74) is 0.619. The Morgan fingerprint density at radius 3 is 2.67 bits per heavy atom. The number of rotatable bonds is 7. The Morgan fingerprint density at radius 1 is 1.23 bits per heavy atom. The fraction of sp³-hybridized carbons (Fsp3) is 0.190. The number of thiophene rings is 1. The van der Waals surface area contributed by atoms with E-state index in [2.05, 4.69) is 15.4 Å². The van der Waals surface area contributed by atoms with Crippen LogP contribution in [0.25, 0.3) is 16.4 Å². The maximum atomic E-state index is 13.3. The predicted octanol–water partition coefficient (Wildman–Crippen LogP) is 3.76. The third-order valence-electron chi connectivity index (χ3n) is 4.57. The lowest BCUT2D eigenvalue weighted by atomic mass is 10.2. The van der Waals surface area contributed by atoms with E-state index in [0.29, 0.717) is 18.1 Å². The maximum absolute atomic E-state index is 13.3. The van der Waals surface area contributed by atoms with E-state index in [9.17, 15) is 9.18 Å². The minimum atomic E-state index is -0.396. The first-order valence-corrected chi connectivity index (χ1v) is 10.2. The summed E-state index contributed by atoms with van der Waals surface area (Å²) in [5, 5.41) is 9.19. The van der Waals surface area contributed by atoms with Gasteiger partial charge in [-0.25, -0.2) is 14.1 Å². The number of carbonyl (C=O) groups excluding carboxylic acids is 1. The second-order valence-electron chi connectivity index (χ2n) is 6.83. The van der Waals surface area contributed by atoms with Gasteiger partial charge < -0.3 is 9.73 Å². The van der Waals surface area contributed by atoms with Crippen LogP contribution in [0.5, 0.6) is 0 Å². The van der Waals surface area contributed by atoms with Crippen LogP contribution in [0.4, 0.5) is 4.39 Å². The normalized spacial score (nSPS) is 12.3. The van der Waals surface area contributed by atoms with Gasteiger partial charge in [-0.2, -0.15) is 0 Å². The zero-order chi connectivity index (χ0) is 21.1. The molecule has 7 nitrogen and oxygen atoms in total. The number of halogens is 1. The van der Waals surface area contributed by atoms with Gasteiger partial charge in [0.05, 0.1) is 22.9 Å². The van der Waals surface area contributed by atoms with Crippen LogP contribution in [-0.2, 0) is 0 Å². The molecule has 4 rings (SSSR count). The smallest absolute Gasteiger partial charge is 0.291 e. The minimum Gasteiger partial charge on any atom is -0.468 e. The molecule has 0 saturated heterocycles. The highest BCUT2D eigenvalue weighted by atomic mass is 32.1. The second-order valence-corrected chi connectivity index (χ2v) is 7.78. The largest absolute Gasteiger partial charge is 0.468 e. The van der Waals surface area contributed by atoms with Crippen LogP contribution < -0.4 is 5.32 Å². The van der Waals surface area contributed by atoms with E-state index in [1.54, 1.807) is 23.1 Å². The molecule has 1 atom stereocenters. The minimum absolute atomic E-state index is 0.0414. The van der Waals surface area contributed by atoms with E-state index in [4.69, 9.17) is 4.42 Å². The average molecular weight is 425 g/mol. The molecule has 0 aliphatic rings. The molecule has 1 aromatic carbocycles. The van der Waals surface area contributed by atoms with Gasteiger partial charge in [-0.1, -0.05) is 6.07 Å². The van der Waals surface area contributed by atoms with Crippen LogP contribution in [-0.4, -0.2) is 46.2 Å². The highest BCUT2D eigenvalue weighted by Gasteiger charge is 2.22. The van der Waals surface area contributed by atoms with Crippen molar-refractivity contribution in [3.63, 3.8) is 0 Å². The first-order valence-electron chi connectivity index (χ1n) is 9.28. The molecule has 3 aromatic heterocycles. The standard InChI is InChI=1S/C21H20FN5O2S/c1-26(2)16(17-5-3-11-29-17)13-23-21(28)19-24-20(18-6-4-12-30-18)27(25-19)15-9-7-14(22)8-10-15/h3-12,16H,13H2,1-2H3,(H,23,28)/t16-/m1/s1. The first kappa shape index (κ1) is 20.0. The van der Waals surface area contributed by atoms with Crippen LogP contribution in [0, 0.1) is 5.82 Å². The fourth-order valence-corrected chi connectivity index (χ4v) is 3.72. The van der Waals surface area contributed by atoms with Gasteiger partial charge in [-0.05, 0) is 61.9 Å². The molecule has 3 heterocycles. The number of amides is 1. The van der Waals surface area contributed by atoms with Crippen LogP contribution >= 0.6 is 11.3 Å². The van der Waals surface area contributed by atoms with E-state index >= 15 is 0 Å². The van der Waals surface area contributed by atoms with Gasteiger partial charge in [0.15, 0.2) is 5.82 Å². The Bertz CT molecular complexity index is 1110. The zero-order valence-electron chi connectivity index (χ0n) is 16.4. The van der Waals surface area contributed by atoms with E-state index < -0.39 is 5.91 Å². The van der Waals surface area contributed by atoms with Gasteiger partial charge >= 0.3 is 0 Å². The molecule has 0 fully saturated rings. The van der Waals surface area contributed by atoms with E-state index in [1.165, 1.54) is 23.5 Å². The lowest BCUT2D eigenvalue weighted by Crippen LogP contribution is -2.34. The Kier molecular flexibility index (Phi) is 5.73. The molecule has 4 aromatic rings. The topological polar surface area (TPSA) is 76.2 Å². The molecule has 154 valence electrons. The van der Waals surface area contributed by atoms with Gasteiger partial charge in [0.1, 0.15) is 11.6 Å². The fourth-order valence-electron chi connectivity index (χ4n) is 3.02. The molecule has 0 radical (unpaired) electrons. The maximum Gasteiger partial charge on any atom is 0.291 e. The summed E-state index contributed by atoms with van der Waals surface area (Å²) in [6.45, 7) is 0.332. The summed E-state index contributed by atoms with van der Waals surface area (Å²) in [6, 6.07) is 13.2. The molecule has 1 N–H and O–H groups in total. The Hall–Kier alpha value is -3.30. The molecule has 0 aliphatic heterocycles. The Morgan fingerprint density at radius 2 is 2.03 bits per heavy atom. The average Bonchev–Trinajstić information content (AvgIpc) is 3.49. The molecule has 0 aliphatic carbocycles. The van der Waals surface area contributed by atoms with Crippen LogP contribution in [0.3, 0.4) is 0 Å². The number of likely N-dealkylation sites (N-methyl/N-ethyl adjacent to an activating group) is 1. The SMILES string of the molecule is CN(C)[C@H](CNC(=O)c1nc(-c2cccs2)n(-c2ccc(F)cc2)n1)c1ccco1. The lowest BCUT2D eigenvalue weighted by Gasteiger charge is -2.22. The van der Waals surface area contributed by atoms with Crippen molar-refractivity contribution in [2.45, 2.75) is 6.04 Å². The highest BCUT2D eigenvalue weighted by Crippen LogP contribution is 2.26. The lowest BCUT2D eigenvalue weighted by molar-refractivity contribution is 0.0928. The summed E-state index contributed by atoms with van der Waals surface area (Å²) >= 11 is 1.49. The molecule has 1 amide bonds. The molecule has 9 heteroatoms. The number of hydrogen-bond acceptors (Lipinski definition) is 6. The second kappa shape index (κ2) is 8.60. The van der Waals surface area contributed by atoms with E-state index in [1.807, 2.05) is 48.6 Å². The van der Waals surface area contributed by atoms with Crippen molar-refractivity contribution in [3.05, 3.63) is 77.6 Å². The van der Waals surface area contributed by atoms with Gasteiger partial charge in [0.25, 0.3) is 5.91 Å². The van der Waals surface area contributed by atoms with Crippen LogP contribution in [0.15, 0.2) is 64.6 Å². The third-order valence-corrected chi connectivity index (χ3v) is 5.44. The van der Waals surface area contributed by atoms with Crippen molar-refractivity contribution < 1.29 is 13.6 Å². The molecule has 30 heavy (non-hydrogen) atoms. The number of hydrogen-bond donors (Lipinski definition) is 1. The Labute approximate surface area is 176 Å². The molecule has 0 spiro atoms. The van der Waals surface area contributed by atoms with Crippen molar-refractivity contribution in [3.8, 4) is 16.4 Å². The van der Waals surface area contributed by atoms with Gasteiger partial charge in [-0.3, -0.25) is 9.69 Å². The predicted molar refractivity (Wildman–Crippen MR) is 112 cm³/mol. The number of furan rings is 1. The van der Waals surface area contributed by atoms with Crippen molar-refractivity contribution in [1.29, 1.82) is 0 Å². The first-order chi connectivity index (χ1) is 14.5. The summed E-state index contributed by atoms with van der Waals surface area (Å²) in [5.74, 6) is 0.579. The van der Waals surface area contributed by atoms with Gasteiger partial charge in [0, 0.05) is 6.54 Å². The number of benzene rings is 1. The number of nitrogens with zero attached hydrogens (tertiary/aromatic N) is 4. The van der Waals surface area contributed by atoms with E-state index in [0.717, 1.165) is 10.6 Å². The van der Waals surface area contributed by atoms with Crippen LogP contribution in [0.2, 0.25) is 0 Å². The highest BCUT2D eigenvalue weighted by molar-refractivity contribution is 7.13. The summed E-state index contributed by atoms with van der Waals surface area (Å²) < 4.78 is 20.4. The van der Waals surface area contributed by atoms with E-state index in [-0.39, 0.29) is 17.7 Å². The van der Waals surface area contributed by atoms with Gasteiger partial charge in [-0.15, -0.1) is 16.4 Å². The molecular formula is C21H20FN5O2S. The summed E-state index contributed by atoms with van der Waals surface area (Å²) in [7, 11) is 3.82. The molecule has 0 saturated carbocycles. The summed E-state index contributed by atoms with van der Waals surface area (Å²) in [4.78, 5) is 20.1. The molecule has 0 unspecified atom stereocenters. The number of aromatic nitrogens is 3. The number of carbonyl (C=O) groups is 1. The quantitative estimate of drug-likeness (QED) is 0.488. The van der Waals surface area contributed by atoms with Gasteiger partial charge in [0.2, 0.25) is 5.82 Å². The van der Waals surface area contributed by atoms with Crippen molar-refractivity contribution in [2.75, 3.05) is 20.6 Å². The van der Waals surface area contributed by atoms with Crippen molar-refractivity contribution >= 4 is 17.2 Å².